The van der Waals surface area contributed by atoms with Gasteiger partial charge in [0.05, 0.1) is 5.92 Å². The van der Waals surface area contributed by atoms with Gasteiger partial charge in [0.2, 0.25) is 0 Å². The minimum atomic E-state index is -0.582. The number of aliphatic carboxylic acids is 1. The van der Waals surface area contributed by atoms with Crippen LogP contribution in [0.3, 0.4) is 0 Å². The van der Waals surface area contributed by atoms with E-state index in [4.69, 9.17) is 0 Å². The summed E-state index contributed by atoms with van der Waals surface area (Å²) in [5, 5.41) is 9.35. The third-order valence-corrected chi connectivity index (χ3v) is 4.76. The number of carboxylic acids is 1. The molecule has 4 unspecified atom stereocenters. The fourth-order valence-corrected chi connectivity index (χ4v) is 3.54. The molecule has 1 saturated heterocycles. The Morgan fingerprint density at radius 3 is 2.71 bits per heavy atom. The molecule has 3 nitrogen and oxygen atoms in total. The van der Waals surface area contributed by atoms with Crippen molar-refractivity contribution in [3.63, 3.8) is 0 Å². The van der Waals surface area contributed by atoms with Gasteiger partial charge in [0.1, 0.15) is 0 Å². The van der Waals surface area contributed by atoms with Crippen molar-refractivity contribution < 1.29 is 9.90 Å². The Kier molecular flexibility index (Phi) is 4.08. The van der Waals surface area contributed by atoms with E-state index in [2.05, 4.69) is 18.7 Å². The maximum atomic E-state index is 11.4. The molecule has 1 heterocycles. The summed E-state index contributed by atoms with van der Waals surface area (Å²) >= 11 is 0. The number of carboxylic acid groups (broad SMARTS) is 1. The van der Waals surface area contributed by atoms with Crippen LogP contribution in [0.4, 0.5) is 0 Å². The van der Waals surface area contributed by atoms with Gasteiger partial charge in [0, 0.05) is 12.6 Å². The predicted molar refractivity (Wildman–Crippen MR) is 67.9 cm³/mol. The lowest BCUT2D eigenvalue weighted by atomic mass is 9.78. The number of rotatable bonds is 3. The molecule has 1 aliphatic carbocycles. The molecule has 1 aliphatic heterocycles. The van der Waals surface area contributed by atoms with Gasteiger partial charge in [-0.2, -0.15) is 0 Å². The van der Waals surface area contributed by atoms with E-state index in [1.165, 1.54) is 12.8 Å². The molecule has 0 spiro atoms. The first-order valence-corrected chi connectivity index (χ1v) is 7.08. The van der Waals surface area contributed by atoms with Gasteiger partial charge in [-0.1, -0.05) is 20.3 Å². The highest BCUT2D eigenvalue weighted by atomic mass is 16.4. The molecule has 0 bridgehead atoms. The lowest BCUT2D eigenvalue weighted by molar-refractivity contribution is -0.146. The van der Waals surface area contributed by atoms with Crippen LogP contribution >= 0.6 is 0 Å². The van der Waals surface area contributed by atoms with Crippen LogP contribution in [-0.4, -0.2) is 35.1 Å². The lowest BCUT2D eigenvalue weighted by Gasteiger charge is -2.38. The molecular weight excluding hydrogens is 214 g/mol. The number of likely N-dealkylation sites (tertiary alicyclic amines) is 1. The summed E-state index contributed by atoms with van der Waals surface area (Å²) in [4.78, 5) is 13.8. The highest BCUT2D eigenvalue weighted by molar-refractivity contribution is 5.71. The lowest BCUT2D eigenvalue weighted by Crippen LogP contribution is -2.46. The van der Waals surface area contributed by atoms with E-state index < -0.39 is 5.97 Å². The maximum absolute atomic E-state index is 11.4. The summed E-state index contributed by atoms with van der Waals surface area (Å²) in [6.07, 6.45) is 5.52. The number of nitrogens with zero attached hydrogens (tertiary/aromatic N) is 1. The smallest absolute Gasteiger partial charge is 0.308 e. The number of carbonyl (C=O) groups is 1. The molecular formula is C14H25NO2. The molecule has 98 valence electrons. The highest BCUT2D eigenvalue weighted by Crippen LogP contribution is 2.35. The topological polar surface area (TPSA) is 40.5 Å². The van der Waals surface area contributed by atoms with Gasteiger partial charge in [-0.3, -0.25) is 9.69 Å². The van der Waals surface area contributed by atoms with Crippen LogP contribution in [-0.2, 0) is 4.79 Å². The molecule has 1 N–H and O–H groups in total. The van der Waals surface area contributed by atoms with Gasteiger partial charge >= 0.3 is 5.97 Å². The summed E-state index contributed by atoms with van der Waals surface area (Å²) in [5.74, 6) is 0.779. The van der Waals surface area contributed by atoms with E-state index in [1.54, 1.807) is 0 Å². The summed E-state index contributed by atoms with van der Waals surface area (Å²) in [5.41, 5.74) is 0. The third kappa shape index (κ3) is 2.82. The normalized spacial score (nSPS) is 39.4. The van der Waals surface area contributed by atoms with Gasteiger partial charge in [-0.05, 0) is 44.1 Å². The van der Waals surface area contributed by atoms with Crippen molar-refractivity contribution >= 4 is 5.97 Å². The molecule has 0 amide bonds. The largest absolute Gasteiger partial charge is 0.481 e. The van der Waals surface area contributed by atoms with E-state index in [0.717, 1.165) is 38.3 Å². The van der Waals surface area contributed by atoms with Gasteiger partial charge in [0.15, 0.2) is 0 Å². The molecule has 0 radical (unpaired) electrons. The van der Waals surface area contributed by atoms with E-state index in [-0.39, 0.29) is 5.92 Å². The van der Waals surface area contributed by atoms with Gasteiger partial charge in [-0.25, -0.2) is 0 Å². The molecule has 0 aromatic heterocycles. The summed E-state index contributed by atoms with van der Waals surface area (Å²) in [6, 6.07) is 0.299. The van der Waals surface area contributed by atoms with Gasteiger partial charge in [0.25, 0.3) is 0 Å². The Bertz CT molecular complexity index is 279. The molecule has 2 aliphatic rings. The van der Waals surface area contributed by atoms with Crippen molar-refractivity contribution in [3.8, 4) is 0 Å². The first-order chi connectivity index (χ1) is 8.11. The number of hydrogen-bond donors (Lipinski definition) is 1. The van der Waals surface area contributed by atoms with Crippen molar-refractivity contribution in [2.75, 3.05) is 13.1 Å². The zero-order chi connectivity index (χ0) is 12.4. The molecule has 1 saturated carbocycles. The molecule has 4 atom stereocenters. The van der Waals surface area contributed by atoms with E-state index in [9.17, 15) is 9.90 Å². The summed E-state index contributed by atoms with van der Waals surface area (Å²) in [6.45, 7) is 6.74. The van der Waals surface area contributed by atoms with Crippen molar-refractivity contribution in [1.82, 2.24) is 4.90 Å². The van der Waals surface area contributed by atoms with Crippen LogP contribution in [0.15, 0.2) is 0 Å². The first kappa shape index (κ1) is 12.9. The van der Waals surface area contributed by atoms with Gasteiger partial charge < -0.3 is 5.11 Å². The summed E-state index contributed by atoms with van der Waals surface area (Å²) < 4.78 is 0. The monoisotopic (exact) mass is 239 g/mol. The van der Waals surface area contributed by atoms with Crippen molar-refractivity contribution in [3.05, 3.63) is 0 Å². The van der Waals surface area contributed by atoms with Crippen LogP contribution in [0.25, 0.3) is 0 Å². The van der Waals surface area contributed by atoms with Crippen LogP contribution in [0, 0.1) is 17.8 Å². The Hall–Kier alpha value is -0.570. The van der Waals surface area contributed by atoms with Crippen LogP contribution in [0.2, 0.25) is 0 Å². The quantitative estimate of drug-likeness (QED) is 0.823. The second-order valence-electron chi connectivity index (χ2n) is 5.99. The first-order valence-electron chi connectivity index (χ1n) is 7.08. The minimum absolute atomic E-state index is 0.123. The van der Waals surface area contributed by atoms with Crippen LogP contribution in [0.5, 0.6) is 0 Å². The van der Waals surface area contributed by atoms with Crippen LogP contribution in [0.1, 0.15) is 46.0 Å². The minimum Gasteiger partial charge on any atom is -0.481 e. The van der Waals surface area contributed by atoms with Crippen molar-refractivity contribution in [1.29, 1.82) is 0 Å². The average molecular weight is 239 g/mol. The molecule has 2 fully saturated rings. The second kappa shape index (κ2) is 5.38. The molecule has 0 aromatic rings. The van der Waals surface area contributed by atoms with Gasteiger partial charge in [-0.15, -0.1) is 0 Å². The molecule has 0 aromatic carbocycles. The Balaban J connectivity index is 2.02. The number of hydrogen-bond acceptors (Lipinski definition) is 2. The standard InChI is InChI=1S/C14H25NO2/c1-3-11-6-7-15(9-11)13-8-10(2)4-5-12(13)14(16)17/h10-13H,3-9H2,1-2H3,(H,16,17). The van der Waals surface area contributed by atoms with Crippen molar-refractivity contribution in [2.24, 2.45) is 17.8 Å². The molecule has 17 heavy (non-hydrogen) atoms. The zero-order valence-electron chi connectivity index (χ0n) is 11.1. The molecule has 3 heteroatoms. The van der Waals surface area contributed by atoms with E-state index in [0.29, 0.717) is 12.0 Å². The summed E-state index contributed by atoms with van der Waals surface area (Å²) in [7, 11) is 0. The maximum Gasteiger partial charge on any atom is 0.308 e. The van der Waals surface area contributed by atoms with E-state index in [1.807, 2.05) is 0 Å². The highest BCUT2D eigenvalue weighted by Gasteiger charge is 2.39. The Labute approximate surface area is 104 Å². The molecule has 2 rings (SSSR count). The predicted octanol–water partition coefficient (Wildman–Crippen LogP) is 2.61. The van der Waals surface area contributed by atoms with Crippen molar-refractivity contribution in [2.45, 2.75) is 52.0 Å². The third-order valence-electron chi connectivity index (χ3n) is 4.76. The van der Waals surface area contributed by atoms with Crippen LogP contribution < -0.4 is 0 Å². The fourth-order valence-electron chi connectivity index (χ4n) is 3.54. The fraction of sp³-hybridized carbons (Fsp3) is 0.929. The Morgan fingerprint density at radius 1 is 1.35 bits per heavy atom. The van der Waals surface area contributed by atoms with E-state index >= 15 is 0 Å². The average Bonchev–Trinajstić information content (AvgIpc) is 2.76. The second-order valence-corrected chi connectivity index (χ2v) is 5.99. The SMILES string of the molecule is CCC1CCN(C2CC(C)CCC2C(=O)O)C1. The zero-order valence-corrected chi connectivity index (χ0v) is 11.1. The Morgan fingerprint density at radius 2 is 2.12 bits per heavy atom.